The first kappa shape index (κ1) is 16.3. The lowest BCUT2D eigenvalue weighted by Gasteiger charge is -2.25. The van der Waals surface area contributed by atoms with Gasteiger partial charge in [0.2, 0.25) is 5.91 Å². The van der Waals surface area contributed by atoms with Crippen molar-refractivity contribution in [2.75, 3.05) is 33.7 Å². The van der Waals surface area contributed by atoms with Crippen molar-refractivity contribution in [3.8, 4) is 0 Å². The van der Waals surface area contributed by atoms with Crippen molar-refractivity contribution in [3.05, 3.63) is 0 Å². The number of likely N-dealkylation sites (N-methyl/N-ethyl adjacent to an activating group) is 1. The lowest BCUT2D eigenvalue weighted by molar-refractivity contribution is -0.132. The summed E-state index contributed by atoms with van der Waals surface area (Å²) in [4.78, 5) is 16.4. The van der Waals surface area contributed by atoms with Crippen LogP contribution in [0.3, 0.4) is 0 Å². The number of amides is 1. The van der Waals surface area contributed by atoms with Crippen LogP contribution < -0.4 is 5.73 Å². The molecule has 0 saturated heterocycles. The van der Waals surface area contributed by atoms with E-state index in [1.807, 2.05) is 19.0 Å². The highest BCUT2D eigenvalue weighted by Gasteiger charge is 2.14. The minimum absolute atomic E-state index is 0.193. The van der Waals surface area contributed by atoms with Crippen LogP contribution in [0.25, 0.3) is 0 Å². The first-order valence-electron chi connectivity index (χ1n) is 6.03. The molecule has 0 unspecified atom stereocenters. The topological polar surface area (TPSA) is 49.6 Å². The third kappa shape index (κ3) is 9.06. The minimum Gasteiger partial charge on any atom is -0.393 e. The number of thiocarbonyl (C=S) groups is 1. The number of nitrogens with zero attached hydrogens (tertiary/aromatic N) is 2. The third-order valence-electron chi connectivity index (χ3n) is 2.38. The van der Waals surface area contributed by atoms with E-state index >= 15 is 0 Å². The Morgan fingerprint density at radius 1 is 1.24 bits per heavy atom. The van der Waals surface area contributed by atoms with E-state index in [2.05, 4.69) is 18.7 Å². The largest absolute Gasteiger partial charge is 0.393 e. The molecule has 0 aliphatic rings. The summed E-state index contributed by atoms with van der Waals surface area (Å²) in [6.07, 6.45) is 1.19. The summed E-state index contributed by atoms with van der Waals surface area (Å²) in [6.45, 7) is 6.34. The van der Waals surface area contributed by atoms with E-state index in [0.29, 0.717) is 30.3 Å². The molecule has 0 rings (SSSR count). The highest BCUT2D eigenvalue weighted by atomic mass is 32.1. The molecule has 2 N–H and O–H groups in total. The molecule has 0 aliphatic heterocycles. The molecule has 0 spiro atoms. The van der Waals surface area contributed by atoms with Gasteiger partial charge in [0.25, 0.3) is 0 Å². The molecule has 1 amide bonds. The van der Waals surface area contributed by atoms with Crippen LogP contribution in [0, 0.1) is 5.92 Å². The summed E-state index contributed by atoms with van der Waals surface area (Å²) in [5.41, 5.74) is 5.48. The number of hydrogen-bond acceptors (Lipinski definition) is 3. The van der Waals surface area contributed by atoms with E-state index in [1.54, 1.807) is 0 Å². The van der Waals surface area contributed by atoms with Crippen molar-refractivity contribution >= 4 is 23.1 Å². The Morgan fingerprint density at radius 2 is 1.82 bits per heavy atom. The lowest BCUT2D eigenvalue weighted by Crippen LogP contribution is -2.38. The van der Waals surface area contributed by atoms with Gasteiger partial charge in [0, 0.05) is 32.5 Å². The number of rotatable bonds is 8. The fourth-order valence-electron chi connectivity index (χ4n) is 1.41. The van der Waals surface area contributed by atoms with Gasteiger partial charge in [-0.1, -0.05) is 26.1 Å². The monoisotopic (exact) mass is 259 g/mol. The number of nitrogens with two attached hydrogens (primary N) is 1. The van der Waals surface area contributed by atoms with Gasteiger partial charge in [-0.15, -0.1) is 0 Å². The second kappa shape index (κ2) is 8.42. The first-order chi connectivity index (χ1) is 7.82. The summed E-state index contributed by atoms with van der Waals surface area (Å²) in [7, 11) is 4.00. The van der Waals surface area contributed by atoms with Crippen molar-refractivity contribution in [2.45, 2.75) is 26.7 Å². The number of carbonyl (C=O) groups is 1. The molecule has 0 saturated carbocycles. The van der Waals surface area contributed by atoms with Crippen LogP contribution >= 0.6 is 12.2 Å². The Labute approximate surface area is 110 Å². The molecule has 0 atom stereocenters. The molecular weight excluding hydrogens is 234 g/mol. The molecule has 0 bridgehead atoms. The van der Waals surface area contributed by atoms with Crippen LogP contribution in [0.5, 0.6) is 0 Å². The Kier molecular flexibility index (Phi) is 8.08. The maximum absolute atomic E-state index is 12.0. The first-order valence-corrected chi connectivity index (χ1v) is 6.44. The molecule has 0 heterocycles. The van der Waals surface area contributed by atoms with Crippen LogP contribution in [0.15, 0.2) is 0 Å². The fourth-order valence-corrected chi connectivity index (χ4v) is 1.50. The standard InChI is InChI=1S/C12H25N3OS/c1-10(2)9-12(16)15(6-5-11(13)17)8-7-14(3)4/h10H,5-9H2,1-4H3,(H2,13,17). The Hall–Kier alpha value is -0.680. The van der Waals surface area contributed by atoms with Gasteiger partial charge >= 0.3 is 0 Å². The van der Waals surface area contributed by atoms with Crippen LogP contribution in [0.2, 0.25) is 0 Å². The SMILES string of the molecule is CC(C)CC(=O)N(CCC(N)=S)CCN(C)C. The molecule has 100 valence electrons. The van der Waals surface area contributed by atoms with Crippen molar-refractivity contribution in [1.82, 2.24) is 9.80 Å². The predicted octanol–water partition coefficient (Wildman–Crippen LogP) is 1.10. The Balaban J connectivity index is 4.27. The second-order valence-electron chi connectivity index (χ2n) is 5.00. The quantitative estimate of drug-likeness (QED) is 0.663. The van der Waals surface area contributed by atoms with Crippen LogP contribution in [0.4, 0.5) is 0 Å². The van der Waals surface area contributed by atoms with Crippen molar-refractivity contribution in [1.29, 1.82) is 0 Å². The van der Waals surface area contributed by atoms with Crippen molar-refractivity contribution in [3.63, 3.8) is 0 Å². The van der Waals surface area contributed by atoms with Gasteiger partial charge in [-0.2, -0.15) is 0 Å². The maximum atomic E-state index is 12.0. The Bertz CT molecular complexity index is 254. The van der Waals surface area contributed by atoms with Gasteiger partial charge in [0.1, 0.15) is 0 Å². The predicted molar refractivity (Wildman–Crippen MR) is 76.0 cm³/mol. The van der Waals surface area contributed by atoms with Gasteiger partial charge in [-0.25, -0.2) is 0 Å². The lowest BCUT2D eigenvalue weighted by atomic mass is 10.1. The van der Waals surface area contributed by atoms with Gasteiger partial charge in [0.15, 0.2) is 0 Å². The molecule has 0 aromatic rings. The zero-order valence-electron chi connectivity index (χ0n) is 11.4. The van der Waals surface area contributed by atoms with Crippen LogP contribution in [-0.4, -0.2) is 54.4 Å². The smallest absolute Gasteiger partial charge is 0.222 e. The summed E-state index contributed by atoms with van der Waals surface area (Å²) in [5, 5.41) is 0. The zero-order chi connectivity index (χ0) is 13.4. The summed E-state index contributed by atoms with van der Waals surface area (Å²) >= 11 is 4.85. The molecular formula is C12H25N3OS. The molecule has 0 aromatic heterocycles. The van der Waals surface area contributed by atoms with Crippen molar-refractivity contribution in [2.24, 2.45) is 11.7 Å². The zero-order valence-corrected chi connectivity index (χ0v) is 12.2. The molecule has 4 nitrogen and oxygen atoms in total. The maximum Gasteiger partial charge on any atom is 0.222 e. The molecule has 0 fully saturated rings. The third-order valence-corrected chi connectivity index (χ3v) is 2.58. The number of carbonyl (C=O) groups excluding carboxylic acids is 1. The van der Waals surface area contributed by atoms with E-state index in [4.69, 9.17) is 18.0 Å². The molecule has 5 heteroatoms. The van der Waals surface area contributed by atoms with E-state index in [9.17, 15) is 4.79 Å². The Morgan fingerprint density at radius 3 is 2.24 bits per heavy atom. The van der Waals surface area contributed by atoms with Crippen molar-refractivity contribution < 1.29 is 4.79 Å². The van der Waals surface area contributed by atoms with Gasteiger partial charge in [-0.05, 0) is 20.0 Å². The van der Waals surface area contributed by atoms with Crippen LogP contribution in [-0.2, 0) is 4.79 Å². The minimum atomic E-state index is 0.193. The van der Waals surface area contributed by atoms with Crippen LogP contribution in [0.1, 0.15) is 26.7 Å². The van der Waals surface area contributed by atoms with E-state index in [0.717, 1.165) is 13.1 Å². The van der Waals surface area contributed by atoms with Gasteiger partial charge in [-0.3, -0.25) is 4.79 Å². The second-order valence-corrected chi connectivity index (χ2v) is 5.52. The average Bonchev–Trinajstić information content (AvgIpc) is 2.15. The van der Waals surface area contributed by atoms with E-state index in [-0.39, 0.29) is 5.91 Å². The summed E-state index contributed by atoms with van der Waals surface area (Å²) < 4.78 is 0. The normalized spacial score (nSPS) is 10.9. The van der Waals surface area contributed by atoms with E-state index in [1.165, 1.54) is 0 Å². The molecule has 0 aliphatic carbocycles. The molecule has 17 heavy (non-hydrogen) atoms. The number of hydrogen-bond donors (Lipinski definition) is 1. The molecule has 0 radical (unpaired) electrons. The van der Waals surface area contributed by atoms with Gasteiger partial charge < -0.3 is 15.5 Å². The summed E-state index contributed by atoms with van der Waals surface area (Å²) in [6, 6.07) is 0. The van der Waals surface area contributed by atoms with Gasteiger partial charge in [0.05, 0.1) is 4.99 Å². The highest BCUT2D eigenvalue weighted by molar-refractivity contribution is 7.80. The fraction of sp³-hybridized carbons (Fsp3) is 0.833. The van der Waals surface area contributed by atoms with E-state index < -0.39 is 0 Å². The summed E-state index contributed by atoms with van der Waals surface area (Å²) in [5.74, 6) is 0.576. The average molecular weight is 259 g/mol. The molecule has 0 aromatic carbocycles. The highest BCUT2D eigenvalue weighted by Crippen LogP contribution is 2.05.